The van der Waals surface area contributed by atoms with Gasteiger partial charge in [-0.1, -0.05) is 54.6 Å². The molecule has 1 amide bonds. The van der Waals surface area contributed by atoms with Crippen molar-refractivity contribution in [2.24, 2.45) is 10.9 Å². The van der Waals surface area contributed by atoms with Crippen molar-refractivity contribution >= 4 is 22.1 Å². The van der Waals surface area contributed by atoms with E-state index >= 15 is 0 Å². The Labute approximate surface area is 273 Å². The predicted molar refractivity (Wildman–Crippen MR) is 176 cm³/mol. The van der Waals surface area contributed by atoms with E-state index in [1.54, 1.807) is 0 Å². The fourth-order valence-corrected chi connectivity index (χ4v) is 8.67. The number of aromatic nitrogens is 1. The van der Waals surface area contributed by atoms with E-state index in [1.807, 2.05) is 88.9 Å². The first-order valence-corrected chi connectivity index (χ1v) is 17.5. The fraction of sp³-hybridized carbons (Fsp3) is 0.333. The van der Waals surface area contributed by atoms with Gasteiger partial charge in [0.1, 0.15) is 18.0 Å². The third kappa shape index (κ3) is 6.35. The summed E-state index contributed by atoms with van der Waals surface area (Å²) >= 11 is 0. The van der Waals surface area contributed by atoms with Crippen molar-refractivity contribution in [3.8, 4) is 5.69 Å². The van der Waals surface area contributed by atoms with Gasteiger partial charge in [-0.2, -0.15) is 4.31 Å². The molecule has 244 valence electrons. The van der Waals surface area contributed by atoms with Crippen LogP contribution in [0.25, 0.3) is 11.9 Å². The van der Waals surface area contributed by atoms with E-state index in [2.05, 4.69) is 4.57 Å². The fourth-order valence-electron chi connectivity index (χ4n) is 7.16. The number of para-hydroxylation sites is 1. The van der Waals surface area contributed by atoms with Crippen molar-refractivity contribution < 1.29 is 22.7 Å². The maximum absolute atomic E-state index is 14.1. The average molecular weight is 656 g/mol. The summed E-state index contributed by atoms with van der Waals surface area (Å²) in [7, 11) is -3.94. The smallest absolute Gasteiger partial charge is 0.243 e. The second-order valence-electron chi connectivity index (χ2n) is 12.8. The second-order valence-corrected chi connectivity index (χ2v) is 14.7. The molecule has 9 nitrogen and oxygen atoms in total. The highest BCUT2D eigenvalue weighted by molar-refractivity contribution is 7.89. The highest BCUT2D eigenvalue weighted by Gasteiger charge is 2.43. The van der Waals surface area contributed by atoms with Crippen LogP contribution in [0.2, 0.25) is 0 Å². The number of likely N-dealkylation sites (tertiary alicyclic amines) is 1. The van der Waals surface area contributed by atoms with Crippen LogP contribution in [-0.2, 0) is 14.8 Å². The van der Waals surface area contributed by atoms with Gasteiger partial charge < -0.3 is 19.5 Å². The molecule has 0 radical (unpaired) electrons. The maximum atomic E-state index is 14.1. The summed E-state index contributed by atoms with van der Waals surface area (Å²) in [6, 6.07) is 26.7. The molecular weight excluding hydrogens is 617 g/mol. The third-order valence-corrected chi connectivity index (χ3v) is 11.6. The highest BCUT2D eigenvalue weighted by atomic mass is 32.2. The number of hydrogen-bond donors (Lipinski definition) is 1. The Morgan fingerprint density at radius 2 is 1.66 bits per heavy atom. The first-order valence-electron chi connectivity index (χ1n) is 16.1. The number of benzene rings is 3. The number of halogens is 1. The Bertz CT molecular complexity index is 1980. The van der Waals surface area contributed by atoms with E-state index in [9.17, 15) is 22.7 Å². The largest absolute Gasteiger partial charge is 0.388 e. The molecular formula is C36H38FN5O4S. The second kappa shape index (κ2) is 12.7. The van der Waals surface area contributed by atoms with Crippen molar-refractivity contribution in [2.75, 3.05) is 39.4 Å². The lowest BCUT2D eigenvalue weighted by molar-refractivity contribution is -0.142. The molecule has 0 unspecified atom stereocenters. The standard InChI is InChI=1S/C36H38FN5O4S/c37-29-10-7-13-31(22-29)47(45,46)41-18-15-32(33(24-41)27-8-3-1-4-9-27)35(43)40-20-16-36(44,17-21-40)25-39-23-28-14-19-42(34(28)38-26-39)30-11-5-2-6-12-30/h1-14,19,22-23,32-33,44H,15-18,20-21,24-26H2/t32-,33+/m1/s1. The first kappa shape index (κ1) is 31.3. The van der Waals surface area contributed by atoms with E-state index < -0.39 is 27.4 Å². The Hall–Kier alpha value is -4.32. The van der Waals surface area contributed by atoms with Crippen LogP contribution in [0.5, 0.6) is 0 Å². The number of fused-ring (bicyclic) bond motifs is 1. The minimum atomic E-state index is -3.94. The first-order chi connectivity index (χ1) is 22.7. The van der Waals surface area contributed by atoms with Gasteiger partial charge in [0, 0.05) is 67.9 Å². The van der Waals surface area contributed by atoms with Crippen LogP contribution in [0.1, 0.15) is 30.7 Å². The summed E-state index contributed by atoms with van der Waals surface area (Å²) < 4.78 is 44.3. The van der Waals surface area contributed by atoms with Crippen LogP contribution < -0.4 is 10.7 Å². The van der Waals surface area contributed by atoms with Crippen molar-refractivity contribution in [1.29, 1.82) is 0 Å². The normalized spacial score (nSPS) is 21.4. The Balaban J connectivity index is 1.02. The molecule has 7 rings (SSSR count). The van der Waals surface area contributed by atoms with E-state index in [0.717, 1.165) is 28.0 Å². The topological polar surface area (TPSA) is 98.5 Å². The lowest BCUT2D eigenvalue weighted by Gasteiger charge is -2.44. The number of rotatable bonds is 7. The van der Waals surface area contributed by atoms with Crippen molar-refractivity contribution in [1.82, 2.24) is 18.7 Å². The zero-order chi connectivity index (χ0) is 32.6. The average Bonchev–Trinajstić information content (AvgIpc) is 3.52. The third-order valence-electron chi connectivity index (χ3n) is 9.71. The van der Waals surface area contributed by atoms with E-state index in [-0.39, 0.29) is 29.8 Å². The number of carbonyl (C=O) groups is 1. The number of β-amino-alcohol motifs (C(OH)–C–C–N with tert-alkyl or cyclic N) is 1. The molecule has 0 saturated carbocycles. The molecule has 4 heterocycles. The van der Waals surface area contributed by atoms with Gasteiger partial charge in [0.2, 0.25) is 15.9 Å². The van der Waals surface area contributed by atoms with Crippen LogP contribution >= 0.6 is 0 Å². The van der Waals surface area contributed by atoms with Crippen LogP contribution in [0.3, 0.4) is 0 Å². The lowest BCUT2D eigenvalue weighted by Crippen LogP contribution is -2.55. The molecule has 1 aromatic heterocycles. The molecule has 11 heteroatoms. The Morgan fingerprint density at radius 3 is 2.38 bits per heavy atom. The quantitative estimate of drug-likeness (QED) is 0.330. The Morgan fingerprint density at radius 1 is 0.936 bits per heavy atom. The van der Waals surface area contributed by atoms with Crippen molar-refractivity contribution in [3.63, 3.8) is 0 Å². The summed E-state index contributed by atoms with van der Waals surface area (Å²) in [5.41, 5.74) is 1.86. The number of piperidine rings is 2. The zero-order valence-electron chi connectivity index (χ0n) is 26.0. The van der Waals surface area contributed by atoms with Crippen molar-refractivity contribution in [2.45, 2.75) is 35.7 Å². The van der Waals surface area contributed by atoms with Gasteiger partial charge in [-0.05, 0) is 61.2 Å². The summed E-state index contributed by atoms with van der Waals surface area (Å²) in [5.74, 6) is -1.40. The van der Waals surface area contributed by atoms with Gasteiger partial charge in [0.15, 0.2) is 0 Å². The molecule has 3 aliphatic rings. The van der Waals surface area contributed by atoms with Crippen LogP contribution in [0, 0.1) is 11.7 Å². The number of hydrogen-bond acceptors (Lipinski definition) is 6. The molecule has 4 aromatic rings. The maximum Gasteiger partial charge on any atom is 0.243 e. The zero-order valence-corrected chi connectivity index (χ0v) is 26.8. The van der Waals surface area contributed by atoms with Gasteiger partial charge in [-0.15, -0.1) is 0 Å². The highest BCUT2D eigenvalue weighted by Crippen LogP contribution is 2.37. The number of sulfonamides is 1. The molecule has 2 saturated heterocycles. The molecule has 0 spiro atoms. The molecule has 2 fully saturated rings. The Kier molecular flexibility index (Phi) is 8.46. The number of amides is 1. The predicted octanol–water partition coefficient (Wildman–Crippen LogP) is 3.10. The van der Waals surface area contributed by atoms with E-state index in [1.165, 1.54) is 22.5 Å². The molecule has 47 heavy (non-hydrogen) atoms. The molecule has 2 atom stereocenters. The number of aliphatic hydroxyl groups is 1. The monoisotopic (exact) mass is 655 g/mol. The molecule has 0 aliphatic carbocycles. The van der Waals surface area contributed by atoms with Gasteiger partial charge in [-0.3, -0.25) is 4.79 Å². The summed E-state index contributed by atoms with van der Waals surface area (Å²) in [6.07, 6.45) is 5.27. The van der Waals surface area contributed by atoms with Gasteiger partial charge in [0.25, 0.3) is 0 Å². The van der Waals surface area contributed by atoms with Crippen molar-refractivity contribution in [3.05, 3.63) is 119 Å². The number of nitrogens with zero attached hydrogens (tertiary/aromatic N) is 5. The molecule has 0 bridgehead atoms. The summed E-state index contributed by atoms with van der Waals surface area (Å²) in [5, 5.41) is 12.6. The van der Waals surface area contributed by atoms with Crippen LogP contribution in [0.15, 0.2) is 107 Å². The van der Waals surface area contributed by atoms with E-state index in [4.69, 9.17) is 4.99 Å². The summed E-state index contributed by atoms with van der Waals surface area (Å²) in [4.78, 5) is 22.6. The molecule has 1 N–H and O–H groups in total. The van der Waals surface area contributed by atoms with Gasteiger partial charge in [-0.25, -0.2) is 17.8 Å². The minimum absolute atomic E-state index is 0.0184. The summed E-state index contributed by atoms with van der Waals surface area (Å²) in [6.45, 7) is 1.97. The van der Waals surface area contributed by atoms with Gasteiger partial charge in [0.05, 0.1) is 10.5 Å². The minimum Gasteiger partial charge on any atom is -0.388 e. The number of carbonyl (C=O) groups excluding carboxylic acids is 1. The van der Waals surface area contributed by atoms with Crippen LogP contribution in [0.4, 0.5) is 4.39 Å². The van der Waals surface area contributed by atoms with Gasteiger partial charge >= 0.3 is 0 Å². The SMILES string of the molecule is O=C([C@@H]1CCN(S(=O)(=O)c2cccc(F)c2)C[C@H]1c1ccccc1)N1CCC(O)(CN2C=c3ccn(-c4ccccc4)c3=NC2)CC1. The van der Waals surface area contributed by atoms with E-state index in [0.29, 0.717) is 45.6 Å². The molecule has 3 aliphatic heterocycles. The molecule has 3 aromatic carbocycles. The lowest BCUT2D eigenvalue weighted by atomic mass is 9.80. The van der Waals surface area contributed by atoms with Crippen LogP contribution in [-0.4, -0.2) is 83.1 Å².